The Bertz CT molecular complexity index is 1010. The van der Waals surface area contributed by atoms with Crippen LogP contribution in [0.1, 0.15) is 121 Å². The van der Waals surface area contributed by atoms with Gasteiger partial charge in [0.25, 0.3) is 0 Å². The van der Waals surface area contributed by atoms with E-state index in [-0.39, 0.29) is 53.7 Å². The Morgan fingerprint density at radius 3 is 2.41 bits per heavy atom. The molecule has 2 heterocycles. The molecule has 0 N–H and O–H groups in total. The lowest BCUT2D eigenvalue weighted by molar-refractivity contribution is -0.144. The molecule has 1 aliphatic heterocycles. The van der Waals surface area contributed by atoms with Crippen molar-refractivity contribution in [3.63, 3.8) is 0 Å². The molecule has 0 bridgehead atoms. The highest BCUT2D eigenvalue weighted by Crippen LogP contribution is 2.32. The number of carbonyl (C=O) groups is 4. The van der Waals surface area contributed by atoms with Crippen LogP contribution in [0.15, 0.2) is 5.38 Å². The van der Waals surface area contributed by atoms with Gasteiger partial charge in [-0.1, -0.05) is 54.4 Å². The molecule has 41 heavy (non-hydrogen) atoms. The second-order valence-electron chi connectivity index (χ2n) is 12.2. The van der Waals surface area contributed by atoms with Crippen LogP contribution in [0.4, 0.5) is 0 Å². The van der Waals surface area contributed by atoms with Gasteiger partial charge in [0.05, 0.1) is 18.2 Å². The number of Topliss-reactive ketones (excluding diaryl/α,β-unsaturated/α-hetero) is 2. The topological polar surface area (TPSA) is 96.9 Å². The van der Waals surface area contributed by atoms with Crippen molar-refractivity contribution >= 4 is 34.8 Å². The van der Waals surface area contributed by atoms with E-state index in [4.69, 9.17) is 4.74 Å². The molecule has 8 nitrogen and oxygen atoms in total. The number of ketones is 2. The van der Waals surface area contributed by atoms with Crippen molar-refractivity contribution in [1.82, 2.24) is 14.8 Å². The minimum Gasteiger partial charge on any atom is -0.464 e. The summed E-state index contributed by atoms with van der Waals surface area (Å²) in [5.41, 5.74) is 0.293. The molecule has 1 fully saturated rings. The second-order valence-corrected chi connectivity index (χ2v) is 13.1. The van der Waals surface area contributed by atoms with Crippen LogP contribution in [0.25, 0.3) is 0 Å². The summed E-state index contributed by atoms with van der Waals surface area (Å²) in [6.45, 7) is 13.7. The number of likely N-dealkylation sites (tertiary alicyclic amines) is 1. The second kappa shape index (κ2) is 17.1. The number of carbonyl (C=O) groups excluding carboxylic acids is 4. The monoisotopic (exact) mass is 591 g/mol. The van der Waals surface area contributed by atoms with Crippen LogP contribution in [-0.2, 0) is 19.1 Å². The smallest absolute Gasteiger partial charge is 0.357 e. The fraction of sp³-hybridized carbons (Fsp3) is 0.781. The molecule has 232 valence electrons. The normalized spacial score (nSPS) is 18.9. The molecule has 0 aromatic carbocycles. The van der Waals surface area contributed by atoms with Crippen LogP contribution in [0.5, 0.6) is 0 Å². The number of likely N-dealkylation sites (N-methyl/N-ethyl adjacent to an activating group) is 1. The molecule has 0 aliphatic carbocycles. The zero-order valence-electron chi connectivity index (χ0n) is 26.6. The third-order valence-electron chi connectivity index (χ3n) is 8.76. The Morgan fingerprint density at radius 1 is 1.12 bits per heavy atom. The third kappa shape index (κ3) is 9.98. The Kier molecular flexibility index (Phi) is 14.6. The predicted molar refractivity (Wildman–Crippen MR) is 164 cm³/mol. The summed E-state index contributed by atoms with van der Waals surface area (Å²) in [5, 5.41) is 2.53. The summed E-state index contributed by atoms with van der Waals surface area (Å²) >= 11 is 1.42. The molecule has 1 amide bonds. The van der Waals surface area contributed by atoms with Gasteiger partial charge < -0.3 is 9.64 Å². The van der Waals surface area contributed by atoms with Crippen molar-refractivity contribution in [2.24, 2.45) is 17.8 Å². The minimum absolute atomic E-state index is 0.00739. The SMILES string of the molecule is CCCC(=O)CCN(C(=O)[C@@H](CC(=O)C1CCCCN1C)[C@@H](C)CC)[C@H](C[C@@H](C)c1nc(C(=O)OC)cs1)C(C)C. The lowest BCUT2D eigenvalue weighted by atomic mass is 9.82. The average molecular weight is 592 g/mol. The van der Waals surface area contributed by atoms with Gasteiger partial charge in [-0.2, -0.15) is 0 Å². The highest BCUT2D eigenvalue weighted by atomic mass is 32.1. The number of piperidine rings is 1. The largest absolute Gasteiger partial charge is 0.464 e. The van der Waals surface area contributed by atoms with Gasteiger partial charge in [0.15, 0.2) is 11.5 Å². The Hall–Kier alpha value is -2.13. The zero-order chi connectivity index (χ0) is 30.7. The number of hydrogen-bond acceptors (Lipinski definition) is 8. The highest BCUT2D eigenvalue weighted by Gasteiger charge is 2.38. The lowest BCUT2D eigenvalue weighted by Gasteiger charge is -2.39. The van der Waals surface area contributed by atoms with E-state index in [2.05, 4.69) is 44.5 Å². The first-order chi connectivity index (χ1) is 19.4. The molecule has 1 saturated heterocycles. The standard InChI is InChI=1S/C32H53N3O5S/c1-9-13-24(36)15-17-35(28(21(3)4)18-23(6)30-33-26(20-41-30)32(39)40-8)31(38)25(22(5)10-2)19-29(37)27-14-11-12-16-34(27)7/h20-23,25,27-28H,9-19H2,1-8H3/t22-,23+,25-,27?,28+/m0/s1. The van der Waals surface area contributed by atoms with Crippen LogP contribution < -0.4 is 0 Å². The molecule has 5 atom stereocenters. The number of aromatic nitrogens is 1. The molecule has 1 aromatic rings. The molecule has 0 spiro atoms. The average Bonchev–Trinajstić information content (AvgIpc) is 3.45. The lowest BCUT2D eigenvalue weighted by Crippen LogP contribution is -2.50. The predicted octanol–water partition coefficient (Wildman–Crippen LogP) is 6.14. The molecular formula is C32H53N3O5S. The molecule has 1 aliphatic rings. The summed E-state index contributed by atoms with van der Waals surface area (Å²) < 4.78 is 4.82. The van der Waals surface area contributed by atoms with Crippen LogP contribution >= 0.6 is 11.3 Å². The summed E-state index contributed by atoms with van der Waals surface area (Å²) in [6, 6.07) is -0.270. The molecule has 2 rings (SSSR count). The van der Waals surface area contributed by atoms with E-state index in [0.717, 1.165) is 43.7 Å². The molecule has 0 radical (unpaired) electrons. The van der Waals surface area contributed by atoms with E-state index in [0.29, 0.717) is 31.5 Å². The van der Waals surface area contributed by atoms with E-state index in [1.165, 1.54) is 18.4 Å². The van der Waals surface area contributed by atoms with Gasteiger partial charge in [0.2, 0.25) is 5.91 Å². The van der Waals surface area contributed by atoms with E-state index >= 15 is 0 Å². The summed E-state index contributed by atoms with van der Waals surface area (Å²) in [6.07, 6.45) is 6.25. The quantitative estimate of drug-likeness (QED) is 0.201. The number of rotatable bonds is 17. The Morgan fingerprint density at radius 2 is 1.83 bits per heavy atom. The number of methoxy groups -OCH3 is 1. The van der Waals surface area contributed by atoms with E-state index in [9.17, 15) is 19.2 Å². The Balaban J connectivity index is 2.37. The van der Waals surface area contributed by atoms with E-state index in [1.807, 2.05) is 18.9 Å². The molecule has 0 saturated carbocycles. The van der Waals surface area contributed by atoms with Crippen molar-refractivity contribution in [3.05, 3.63) is 16.1 Å². The van der Waals surface area contributed by atoms with Crippen molar-refractivity contribution in [2.75, 3.05) is 27.2 Å². The van der Waals surface area contributed by atoms with Gasteiger partial charge in [-0.15, -0.1) is 11.3 Å². The van der Waals surface area contributed by atoms with Crippen LogP contribution in [0.2, 0.25) is 0 Å². The van der Waals surface area contributed by atoms with Gasteiger partial charge in [-0.05, 0) is 51.1 Å². The molecule has 1 unspecified atom stereocenters. The van der Waals surface area contributed by atoms with Gasteiger partial charge in [0, 0.05) is 49.1 Å². The summed E-state index contributed by atoms with van der Waals surface area (Å²) in [4.78, 5) is 61.2. The first-order valence-electron chi connectivity index (χ1n) is 15.5. The minimum atomic E-state index is -0.462. The number of nitrogens with zero attached hydrogens (tertiary/aromatic N) is 3. The third-order valence-corrected chi connectivity index (χ3v) is 9.83. The summed E-state index contributed by atoms with van der Waals surface area (Å²) in [7, 11) is 3.35. The number of thiazole rings is 1. The van der Waals surface area contributed by atoms with Gasteiger partial charge in [-0.25, -0.2) is 9.78 Å². The zero-order valence-corrected chi connectivity index (χ0v) is 27.4. The first-order valence-corrected chi connectivity index (χ1v) is 16.4. The van der Waals surface area contributed by atoms with E-state index in [1.54, 1.807) is 5.38 Å². The van der Waals surface area contributed by atoms with Crippen molar-refractivity contribution in [1.29, 1.82) is 0 Å². The maximum Gasteiger partial charge on any atom is 0.357 e. The van der Waals surface area contributed by atoms with E-state index < -0.39 is 11.9 Å². The fourth-order valence-corrected chi connectivity index (χ4v) is 6.75. The number of esters is 1. The van der Waals surface area contributed by atoms with Crippen LogP contribution in [0, 0.1) is 17.8 Å². The van der Waals surface area contributed by atoms with Gasteiger partial charge >= 0.3 is 5.97 Å². The molecular weight excluding hydrogens is 538 g/mol. The molecule has 1 aromatic heterocycles. The van der Waals surface area contributed by atoms with Gasteiger partial charge in [-0.3, -0.25) is 19.3 Å². The first kappa shape index (κ1) is 35.1. The number of hydrogen-bond donors (Lipinski definition) is 0. The maximum atomic E-state index is 14.5. The summed E-state index contributed by atoms with van der Waals surface area (Å²) in [5.74, 6) is -0.435. The van der Waals surface area contributed by atoms with Crippen molar-refractivity contribution in [3.8, 4) is 0 Å². The van der Waals surface area contributed by atoms with Crippen molar-refractivity contribution in [2.45, 2.75) is 117 Å². The van der Waals surface area contributed by atoms with Crippen molar-refractivity contribution < 1.29 is 23.9 Å². The van der Waals surface area contributed by atoms with Gasteiger partial charge in [0.1, 0.15) is 5.78 Å². The number of amides is 1. The number of ether oxygens (including phenoxy) is 1. The highest BCUT2D eigenvalue weighted by molar-refractivity contribution is 7.09. The Labute approximate surface area is 251 Å². The molecule has 9 heteroatoms. The van der Waals surface area contributed by atoms with Crippen LogP contribution in [0.3, 0.4) is 0 Å². The van der Waals surface area contributed by atoms with Crippen LogP contribution in [-0.4, -0.2) is 77.6 Å². The fourth-order valence-electron chi connectivity index (χ4n) is 5.89. The maximum absolute atomic E-state index is 14.5.